The van der Waals surface area contributed by atoms with Crippen LogP contribution >= 0.6 is 0 Å². The van der Waals surface area contributed by atoms with Crippen molar-refractivity contribution in [3.63, 3.8) is 0 Å². The molecule has 0 spiro atoms. The minimum Gasteiger partial charge on any atom is -0.444 e. The summed E-state index contributed by atoms with van der Waals surface area (Å²) in [5.74, 6) is 0.508. The van der Waals surface area contributed by atoms with Crippen LogP contribution in [-0.2, 0) is 4.74 Å². The Morgan fingerprint density at radius 3 is 2.70 bits per heavy atom. The molecule has 8 nitrogen and oxygen atoms in total. The first-order chi connectivity index (χ1) is 14.3. The lowest BCUT2D eigenvalue weighted by molar-refractivity contribution is 0.0636. The highest BCUT2D eigenvalue weighted by molar-refractivity contribution is 5.93. The van der Waals surface area contributed by atoms with Crippen molar-refractivity contribution in [2.45, 2.75) is 33.3 Å². The molecule has 0 bridgehead atoms. The van der Waals surface area contributed by atoms with Crippen molar-refractivity contribution in [2.75, 3.05) is 5.32 Å². The predicted octanol–water partition coefficient (Wildman–Crippen LogP) is 4.74. The summed E-state index contributed by atoms with van der Waals surface area (Å²) >= 11 is 0. The summed E-state index contributed by atoms with van der Waals surface area (Å²) in [4.78, 5) is 33.4. The second-order valence-corrected chi connectivity index (χ2v) is 7.89. The third-order valence-electron chi connectivity index (χ3n) is 4.19. The molecule has 0 aliphatic carbocycles. The van der Waals surface area contributed by atoms with Crippen molar-refractivity contribution in [1.29, 1.82) is 0 Å². The van der Waals surface area contributed by atoms with Crippen molar-refractivity contribution >= 4 is 22.8 Å². The topological polar surface area (TPSA) is 106 Å². The van der Waals surface area contributed by atoms with Gasteiger partial charge in [0.05, 0.1) is 17.6 Å². The van der Waals surface area contributed by atoms with Gasteiger partial charge in [0.2, 0.25) is 0 Å². The van der Waals surface area contributed by atoms with Gasteiger partial charge >= 0.3 is 6.09 Å². The van der Waals surface area contributed by atoms with Crippen LogP contribution in [0.5, 0.6) is 0 Å². The van der Waals surface area contributed by atoms with Gasteiger partial charge in [0, 0.05) is 29.0 Å². The molecule has 4 rings (SSSR count). The van der Waals surface area contributed by atoms with Crippen LogP contribution in [0.3, 0.4) is 0 Å². The molecular weight excluding hydrogens is 380 g/mol. The number of hydrogen-bond acceptors (Lipinski definition) is 6. The van der Waals surface area contributed by atoms with Crippen LogP contribution in [-0.4, -0.2) is 36.6 Å². The number of carbonyl (C=O) groups excluding carboxylic acids is 1. The summed E-state index contributed by atoms with van der Waals surface area (Å²) in [5, 5.41) is 3.57. The molecule has 0 aliphatic heterocycles. The zero-order chi connectivity index (χ0) is 21.3. The normalized spacial score (nSPS) is 11.5. The average molecular weight is 402 g/mol. The molecule has 2 N–H and O–H groups in total. The van der Waals surface area contributed by atoms with Crippen LogP contribution in [0.1, 0.15) is 26.5 Å². The first-order valence-corrected chi connectivity index (χ1v) is 9.53. The predicted molar refractivity (Wildman–Crippen MR) is 115 cm³/mol. The molecule has 152 valence electrons. The number of ether oxygens (including phenoxy) is 1. The van der Waals surface area contributed by atoms with Crippen molar-refractivity contribution < 1.29 is 9.53 Å². The molecule has 0 aliphatic rings. The van der Waals surface area contributed by atoms with E-state index in [-0.39, 0.29) is 0 Å². The molecule has 0 radical (unpaired) electrons. The summed E-state index contributed by atoms with van der Waals surface area (Å²) in [6, 6.07) is 9.44. The third kappa shape index (κ3) is 4.27. The van der Waals surface area contributed by atoms with E-state index in [0.29, 0.717) is 28.5 Å². The molecule has 0 saturated heterocycles. The number of pyridine rings is 2. The minimum atomic E-state index is -0.589. The van der Waals surface area contributed by atoms with E-state index in [4.69, 9.17) is 9.72 Å². The summed E-state index contributed by atoms with van der Waals surface area (Å²) < 4.78 is 5.32. The Balaban J connectivity index is 1.74. The first kappa shape index (κ1) is 19.5. The number of aromatic amines is 1. The maximum Gasteiger partial charge on any atom is 0.412 e. The maximum absolute atomic E-state index is 12.1. The van der Waals surface area contributed by atoms with Crippen LogP contribution in [0.4, 0.5) is 10.5 Å². The van der Waals surface area contributed by atoms with Gasteiger partial charge in [-0.25, -0.2) is 19.7 Å². The number of H-pyrrole nitrogens is 1. The van der Waals surface area contributed by atoms with Crippen LogP contribution in [0.2, 0.25) is 0 Å². The van der Waals surface area contributed by atoms with E-state index in [2.05, 4.69) is 25.3 Å². The van der Waals surface area contributed by atoms with Gasteiger partial charge in [0.15, 0.2) is 5.82 Å². The zero-order valence-electron chi connectivity index (χ0n) is 17.2. The van der Waals surface area contributed by atoms with E-state index < -0.39 is 11.7 Å². The Bertz CT molecular complexity index is 1230. The van der Waals surface area contributed by atoms with Gasteiger partial charge in [-0.3, -0.25) is 10.3 Å². The Morgan fingerprint density at radius 1 is 1.10 bits per heavy atom. The number of nitrogens with one attached hydrogen (secondary N) is 2. The average Bonchev–Trinajstić information content (AvgIpc) is 3.14. The van der Waals surface area contributed by atoms with Crippen LogP contribution < -0.4 is 5.32 Å². The van der Waals surface area contributed by atoms with Crippen LogP contribution in [0.25, 0.3) is 33.8 Å². The fourth-order valence-electron chi connectivity index (χ4n) is 3.00. The number of aryl methyl sites for hydroxylation is 1. The number of anilines is 1. The Morgan fingerprint density at radius 2 is 1.93 bits per heavy atom. The van der Waals surface area contributed by atoms with Crippen molar-refractivity contribution in [3.8, 4) is 22.8 Å². The second-order valence-electron chi connectivity index (χ2n) is 7.89. The smallest absolute Gasteiger partial charge is 0.412 e. The van der Waals surface area contributed by atoms with Crippen LogP contribution in [0, 0.1) is 6.92 Å². The van der Waals surface area contributed by atoms with E-state index >= 15 is 0 Å². The Labute approximate surface area is 173 Å². The molecule has 4 heterocycles. The quantitative estimate of drug-likeness (QED) is 0.513. The van der Waals surface area contributed by atoms with Crippen molar-refractivity contribution in [2.24, 2.45) is 0 Å². The lowest BCUT2D eigenvalue weighted by atomic mass is 10.1. The Kier molecular flexibility index (Phi) is 4.91. The maximum atomic E-state index is 12.1. The molecule has 0 fully saturated rings. The molecule has 4 aromatic rings. The molecule has 0 saturated carbocycles. The van der Waals surface area contributed by atoms with Crippen molar-refractivity contribution in [1.82, 2.24) is 24.9 Å². The van der Waals surface area contributed by atoms with Gasteiger partial charge in [-0.05, 0) is 52.0 Å². The number of fused-ring (bicyclic) bond motifs is 1. The van der Waals surface area contributed by atoms with Gasteiger partial charge < -0.3 is 9.72 Å². The van der Waals surface area contributed by atoms with Gasteiger partial charge in [0.25, 0.3) is 0 Å². The number of rotatable bonds is 3. The molecular formula is C22H22N6O2. The highest BCUT2D eigenvalue weighted by Gasteiger charge is 2.17. The van der Waals surface area contributed by atoms with E-state index in [9.17, 15) is 4.79 Å². The molecule has 4 aromatic heterocycles. The van der Waals surface area contributed by atoms with Crippen molar-refractivity contribution in [3.05, 3.63) is 54.6 Å². The summed E-state index contributed by atoms with van der Waals surface area (Å²) in [6.07, 6.45) is 4.53. The third-order valence-corrected chi connectivity index (χ3v) is 4.19. The van der Waals surface area contributed by atoms with Crippen LogP contribution in [0.15, 0.2) is 48.9 Å². The number of amides is 1. The number of carbonyl (C=O) groups is 1. The highest BCUT2D eigenvalue weighted by Crippen LogP contribution is 2.29. The zero-order valence-corrected chi connectivity index (χ0v) is 17.2. The fourth-order valence-corrected chi connectivity index (χ4v) is 3.00. The summed E-state index contributed by atoms with van der Waals surface area (Å²) in [5.41, 5.74) is 3.63. The van der Waals surface area contributed by atoms with E-state index in [1.54, 1.807) is 18.5 Å². The Hall–Kier alpha value is -3.81. The first-order valence-electron chi connectivity index (χ1n) is 9.53. The monoisotopic (exact) mass is 402 g/mol. The molecule has 0 unspecified atom stereocenters. The van der Waals surface area contributed by atoms with E-state index in [1.807, 2.05) is 58.2 Å². The lowest BCUT2D eigenvalue weighted by Gasteiger charge is -2.19. The molecule has 8 heteroatoms. The summed E-state index contributed by atoms with van der Waals surface area (Å²) in [6.45, 7) is 7.36. The van der Waals surface area contributed by atoms with Gasteiger partial charge in [-0.15, -0.1) is 0 Å². The lowest BCUT2D eigenvalue weighted by Crippen LogP contribution is -2.27. The molecule has 30 heavy (non-hydrogen) atoms. The largest absolute Gasteiger partial charge is 0.444 e. The van der Waals surface area contributed by atoms with E-state index in [0.717, 1.165) is 16.6 Å². The fraction of sp³-hybridized carbons (Fsp3) is 0.227. The van der Waals surface area contributed by atoms with E-state index in [1.165, 1.54) is 0 Å². The minimum absolute atomic E-state index is 0.508. The molecule has 0 aromatic carbocycles. The van der Waals surface area contributed by atoms with Gasteiger partial charge in [-0.2, -0.15) is 0 Å². The standard InChI is InChI=1S/C22H22N6O2/c1-13-6-5-7-17(25-13)20-27-18(16-8-9-24-19(16)28-20)14-10-15(12-23-11-14)26-21(29)30-22(2,3)4/h5-12H,1-4H3,(H,26,29)(H,24,27,28). The van der Waals surface area contributed by atoms with Gasteiger partial charge in [0.1, 0.15) is 16.9 Å². The second kappa shape index (κ2) is 7.55. The number of aromatic nitrogens is 5. The molecule has 1 amide bonds. The SMILES string of the molecule is Cc1cccc(-c2nc(-c3cncc(NC(=O)OC(C)(C)C)c3)c3cc[nH]c3n2)n1. The number of hydrogen-bond donors (Lipinski definition) is 2. The number of nitrogens with zero attached hydrogens (tertiary/aromatic N) is 4. The molecule has 0 atom stereocenters. The van der Waals surface area contributed by atoms with Gasteiger partial charge in [-0.1, -0.05) is 6.07 Å². The summed E-state index contributed by atoms with van der Waals surface area (Å²) in [7, 11) is 0. The highest BCUT2D eigenvalue weighted by atomic mass is 16.6.